The number of hydrogen-bond donors (Lipinski definition) is 2. The molecule has 1 rings (SSSR count). The van der Waals surface area contributed by atoms with Crippen LogP contribution in [0.3, 0.4) is 0 Å². The fraction of sp³-hybridized carbons (Fsp3) is 0.714. The van der Waals surface area contributed by atoms with Crippen molar-refractivity contribution in [2.45, 2.75) is 46.5 Å². The largest absolute Gasteiger partial charge is 0.395 e. The summed E-state index contributed by atoms with van der Waals surface area (Å²) in [6.45, 7) is 6.80. The lowest BCUT2D eigenvalue weighted by molar-refractivity contribution is 0.187. The highest BCUT2D eigenvalue weighted by Gasteiger charge is 2.18. The third-order valence-electron chi connectivity index (χ3n) is 3.18. The Morgan fingerprint density at radius 3 is 2.70 bits per heavy atom. The van der Waals surface area contributed by atoms with E-state index in [0.29, 0.717) is 36.7 Å². The highest BCUT2D eigenvalue weighted by molar-refractivity contribution is 5.90. The molecule has 2 N–H and O–H groups in total. The summed E-state index contributed by atoms with van der Waals surface area (Å²) in [6.07, 6.45) is 3.78. The molecule has 20 heavy (non-hydrogen) atoms. The van der Waals surface area contributed by atoms with Crippen LogP contribution in [-0.4, -0.2) is 40.9 Å². The zero-order valence-electron chi connectivity index (χ0n) is 12.6. The molecule has 2 amide bonds. The number of urea groups is 1. The van der Waals surface area contributed by atoms with Crippen molar-refractivity contribution in [3.05, 3.63) is 11.5 Å². The van der Waals surface area contributed by atoms with Crippen molar-refractivity contribution in [2.24, 2.45) is 0 Å². The van der Waals surface area contributed by atoms with Crippen molar-refractivity contribution in [2.75, 3.05) is 25.0 Å². The molecule has 0 aliphatic rings. The number of aliphatic hydroxyl groups excluding tert-OH is 1. The molecule has 6 heteroatoms. The summed E-state index contributed by atoms with van der Waals surface area (Å²) in [7, 11) is 0. The van der Waals surface area contributed by atoms with E-state index in [1.807, 2.05) is 6.92 Å². The quantitative estimate of drug-likeness (QED) is 0.719. The average molecular weight is 283 g/mol. The number of aryl methyl sites for hydroxylation is 2. The molecular weight excluding hydrogens is 258 g/mol. The van der Waals surface area contributed by atoms with Gasteiger partial charge in [-0.3, -0.25) is 0 Å². The van der Waals surface area contributed by atoms with Crippen molar-refractivity contribution in [1.82, 2.24) is 10.1 Å². The molecule has 1 aromatic heterocycles. The number of rotatable bonds is 8. The number of nitrogens with one attached hydrogen (secondary N) is 1. The maximum Gasteiger partial charge on any atom is 0.322 e. The van der Waals surface area contributed by atoms with E-state index < -0.39 is 0 Å². The Labute approximate surface area is 120 Å². The second kappa shape index (κ2) is 8.58. The van der Waals surface area contributed by atoms with E-state index in [2.05, 4.69) is 17.4 Å². The van der Waals surface area contributed by atoms with Crippen LogP contribution in [0.5, 0.6) is 0 Å². The third kappa shape index (κ3) is 4.52. The average Bonchev–Trinajstić information content (AvgIpc) is 2.79. The minimum Gasteiger partial charge on any atom is -0.395 e. The van der Waals surface area contributed by atoms with E-state index in [0.717, 1.165) is 19.3 Å². The minimum absolute atomic E-state index is 0.0389. The lowest BCUT2D eigenvalue weighted by atomic mass is 10.2. The van der Waals surface area contributed by atoms with Crippen LogP contribution in [0.2, 0.25) is 0 Å². The van der Waals surface area contributed by atoms with Crippen LogP contribution in [0.25, 0.3) is 0 Å². The molecule has 0 bridgehead atoms. The summed E-state index contributed by atoms with van der Waals surface area (Å²) >= 11 is 0. The summed E-state index contributed by atoms with van der Waals surface area (Å²) in [5.74, 6) is 0.674. The Morgan fingerprint density at radius 2 is 2.10 bits per heavy atom. The van der Waals surface area contributed by atoms with Crippen LogP contribution in [0.4, 0.5) is 10.5 Å². The van der Waals surface area contributed by atoms with E-state index in [9.17, 15) is 4.79 Å². The lowest BCUT2D eigenvalue weighted by Crippen LogP contribution is -2.38. The van der Waals surface area contributed by atoms with Gasteiger partial charge in [0.15, 0.2) is 5.76 Å². The molecule has 114 valence electrons. The maximum absolute atomic E-state index is 12.2. The van der Waals surface area contributed by atoms with Gasteiger partial charge in [0.1, 0.15) is 11.4 Å². The molecular formula is C14H25N3O3. The maximum atomic E-state index is 12.2. The van der Waals surface area contributed by atoms with Gasteiger partial charge in [0.05, 0.1) is 6.61 Å². The molecule has 6 nitrogen and oxygen atoms in total. The fourth-order valence-electron chi connectivity index (χ4n) is 1.99. The van der Waals surface area contributed by atoms with Gasteiger partial charge in [-0.1, -0.05) is 31.8 Å². The number of carbonyl (C=O) groups excluding carboxylic acids is 1. The van der Waals surface area contributed by atoms with Gasteiger partial charge < -0.3 is 19.8 Å². The van der Waals surface area contributed by atoms with Gasteiger partial charge in [0.2, 0.25) is 0 Å². The normalized spacial score (nSPS) is 10.6. The summed E-state index contributed by atoms with van der Waals surface area (Å²) < 4.78 is 5.15. The number of aliphatic hydroxyl groups is 1. The summed E-state index contributed by atoms with van der Waals surface area (Å²) in [5.41, 5.74) is 1.32. The number of amides is 2. The number of carbonyl (C=O) groups is 1. The van der Waals surface area contributed by atoms with Crippen molar-refractivity contribution >= 4 is 11.7 Å². The third-order valence-corrected chi connectivity index (χ3v) is 3.18. The highest BCUT2D eigenvalue weighted by Crippen LogP contribution is 2.20. The predicted octanol–water partition coefficient (Wildman–Crippen LogP) is 2.56. The van der Waals surface area contributed by atoms with E-state index in [1.165, 1.54) is 0 Å². The molecule has 0 radical (unpaired) electrons. The van der Waals surface area contributed by atoms with E-state index in [-0.39, 0.29) is 12.6 Å². The zero-order valence-corrected chi connectivity index (χ0v) is 12.6. The van der Waals surface area contributed by atoms with Gasteiger partial charge in [-0.15, -0.1) is 0 Å². The van der Waals surface area contributed by atoms with Gasteiger partial charge in [-0.2, -0.15) is 0 Å². The summed E-state index contributed by atoms with van der Waals surface area (Å²) in [5, 5.41) is 15.8. The standard InChI is InChI=1S/C14H25N3O3/c1-4-6-7-8-17(9-10-18)14(19)15-13-11(3)16-20-12(13)5-2/h18H,4-10H2,1-3H3,(H,15,19). The first-order chi connectivity index (χ1) is 9.63. The van der Waals surface area contributed by atoms with Crippen molar-refractivity contribution in [3.8, 4) is 0 Å². The Kier molecular flexibility index (Phi) is 7.08. The highest BCUT2D eigenvalue weighted by atomic mass is 16.5. The minimum atomic E-state index is -0.212. The van der Waals surface area contributed by atoms with Crippen molar-refractivity contribution in [1.29, 1.82) is 0 Å². The second-order valence-corrected chi connectivity index (χ2v) is 4.77. The smallest absolute Gasteiger partial charge is 0.322 e. The monoisotopic (exact) mass is 283 g/mol. The Hall–Kier alpha value is -1.56. The van der Waals surface area contributed by atoms with Crippen LogP contribution in [-0.2, 0) is 6.42 Å². The summed E-state index contributed by atoms with van der Waals surface area (Å²) in [4.78, 5) is 13.9. The fourth-order valence-corrected chi connectivity index (χ4v) is 1.99. The number of hydrogen-bond acceptors (Lipinski definition) is 4. The molecule has 0 aromatic carbocycles. The number of unbranched alkanes of at least 4 members (excludes halogenated alkanes) is 2. The second-order valence-electron chi connectivity index (χ2n) is 4.77. The molecule has 0 spiro atoms. The number of anilines is 1. The molecule has 0 saturated carbocycles. The van der Waals surface area contributed by atoms with Crippen molar-refractivity contribution in [3.63, 3.8) is 0 Å². The molecule has 0 saturated heterocycles. The van der Waals surface area contributed by atoms with Gasteiger partial charge in [0.25, 0.3) is 0 Å². The van der Waals surface area contributed by atoms with Gasteiger partial charge in [0, 0.05) is 19.5 Å². The first-order valence-corrected chi connectivity index (χ1v) is 7.25. The van der Waals surface area contributed by atoms with E-state index in [4.69, 9.17) is 9.63 Å². The SMILES string of the molecule is CCCCCN(CCO)C(=O)Nc1c(C)noc1CC. The zero-order chi connectivity index (χ0) is 15.0. The number of aromatic nitrogens is 1. The molecule has 0 unspecified atom stereocenters. The molecule has 0 atom stereocenters. The van der Waals surface area contributed by atoms with Gasteiger partial charge in [-0.25, -0.2) is 4.79 Å². The van der Waals surface area contributed by atoms with Crippen LogP contribution < -0.4 is 5.32 Å². The first-order valence-electron chi connectivity index (χ1n) is 7.25. The van der Waals surface area contributed by atoms with Crippen LogP contribution in [0.1, 0.15) is 44.6 Å². The summed E-state index contributed by atoms with van der Waals surface area (Å²) in [6, 6.07) is -0.212. The lowest BCUT2D eigenvalue weighted by Gasteiger charge is -2.22. The Morgan fingerprint density at radius 1 is 1.35 bits per heavy atom. The Bertz CT molecular complexity index is 418. The van der Waals surface area contributed by atoms with Crippen molar-refractivity contribution < 1.29 is 14.4 Å². The topological polar surface area (TPSA) is 78.6 Å². The molecule has 1 heterocycles. The first kappa shape index (κ1) is 16.5. The van der Waals surface area contributed by atoms with Crippen LogP contribution in [0, 0.1) is 6.92 Å². The molecule has 0 aliphatic carbocycles. The van der Waals surface area contributed by atoms with E-state index >= 15 is 0 Å². The predicted molar refractivity (Wildman–Crippen MR) is 77.8 cm³/mol. The molecule has 0 fully saturated rings. The van der Waals surface area contributed by atoms with Crippen LogP contribution >= 0.6 is 0 Å². The Balaban J connectivity index is 2.67. The van der Waals surface area contributed by atoms with E-state index in [1.54, 1.807) is 11.8 Å². The van der Waals surface area contributed by atoms with Crippen LogP contribution in [0.15, 0.2) is 4.52 Å². The van der Waals surface area contributed by atoms with Gasteiger partial charge in [-0.05, 0) is 13.3 Å². The molecule has 1 aromatic rings. The molecule has 0 aliphatic heterocycles. The number of nitrogens with zero attached hydrogens (tertiary/aromatic N) is 2. The van der Waals surface area contributed by atoms with Gasteiger partial charge >= 0.3 is 6.03 Å².